The van der Waals surface area contributed by atoms with E-state index in [1.54, 1.807) is 12.1 Å². The van der Waals surface area contributed by atoms with Gasteiger partial charge in [-0.05, 0) is 29.8 Å². The SMILES string of the molecule is CC[Si](CC)Nc1nc(OCc2ccc(F)cc2)ncc1F. The predicted molar refractivity (Wildman–Crippen MR) is 83.1 cm³/mol. The molecule has 2 rings (SSSR count). The fourth-order valence-corrected chi connectivity index (χ4v) is 3.19. The summed E-state index contributed by atoms with van der Waals surface area (Å²) in [4.78, 5) is 11.0. The minimum atomic E-state index is -0.863. The van der Waals surface area contributed by atoms with Gasteiger partial charge >= 0.3 is 6.01 Å². The minimum Gasteiger partial charge on any atom is -0.459 e. The Bertz CT molecular complexity index is 606. The Labute approximate surface area is 130 Å². The molecule has 1 aromatic carbocycles. The van der Waals surface area contributed by atoms with E-state index in [-0.39, 0.29) is 24.3 Å². The molecule has 1 aromatic heterocycles. The third-order valence-electron chi connectivity index (χ3n) is 3.15. The third kappa shape index (κ3) is 4.49. The van der Waals surface area contributed by atoms with Gasteiger partial charge in [0.05, 0.1) is 6.20 Å². The zero-order chi connectivity index (χ0) is 15.9. The van der Waals surface area contributed by atoms with E-state index in [2.05, 4.69) is 28.8 Å². The van der Waals surface area contributed by atoms with Crippen LogP contribution in [-0.4, -0.2) is 18.9 Å². The van der Waals surface area contributed by atoms with Crippen molar-refractivity contribution < 1.29 is 13.5 Å². The summed E-state index contributed by atoms with van der Waals surface area (Å²) >= 11 is 0. The largest absolute Gasteiger partial charge is 0.459 e. The molecule has 7 heteroatoms. The van der Waals surface area contributed by atoms with Crippen LogP contribution >= 0.6 is 0 Å². The van der Waals surface area contributed by atoms with Gasteiger partial charge in [0, 0.05) is 0 Å². The average Bonchev–Trinajstić information content (AvgIpc) is 2.54. The molecule has 0 fully saturated rings. The van der Waals surface area contributed by atoms with Crippen LogP contribution in [0.5, 0.6) is 6.01 Å². The van der Waals surface area contributed by atoms with Gasteiger partial charge in [0.25, 0.3) is 0 Å². The maximum atomic E-state index is 13.7. The van der Waals surface area contributed by atoms with Crippen LogP contribution in [0.3, 0.4) is 0 Å². The standard InChI is InChI=1S/C15H18F2N3OSi/c1-3-22(4-2)20-14-13(17)9-18-15(19-14)21-10-11-5-7-12(16)8-6-11/h5-9H,3-4,10H2,1-2H3,(H,18,19,20). The number of aromatic nitrogens is 2. The van der Waals surface area contributed by atoms with Crippen LogP contribution in [-0.2, 0) is 6.61 Å². The van der Waals surface area contributed by atoms with E-state index >= 15 is 0 Å². The highest BCUT2D eigenvalue weighted by Gasteiger charge is 2.13. The molecule has 0 aliphatic heterocycles. The van der Waals surface area contributed by atoms with Gasteiger partial charge in [-0.25, -0.2) is 13.8 Å². The van der Waals surface area contributed by atoms with Crippen molar-refractivity contribution in [3.63, 3.8) is 0 Å². The number of anilines is 1. The number of hydrogen-bond donors (Lipinski definition) is 1. The Kier molecular flexibility index (Phi) is 5.82. The summed E-state index contributed by atoms with van der Waals surface area (Å²) in [5.41, 5.74) is 0.788. The summed E-state index contributed by atoms with van der Waals surface area (Å²) in [5, 5.41) is 0. The van der Waals surface area contributed by atoms with Gasteiger partial charge in [-0.3, -0.25) is 0 Å². The highest BCUT2D eigenvalue weighted by molar-refractivity contribution is 6.62. The number of ether oxygens (including phenoxy) is 1. The summed E-state index contributed by atoms with van der Waals surface area (Å²) in [7, 11) is -0.863. The first-order valence-corrected chi connectivity index (χ1v) is 9.05. The fourth-order valence-electron chi connectivity index (χ4n) is 1.83. The van der Waals surface area contributed by atoms with Gasteiger partial charge in [-0.1, -0.05) is 26.0 Å². The molecule has 0 aliphatic rings. The zero-order valence-corrected chi connectivity index (χ0v) is 13.6. The van der Waals surface area contributed by atoms with Gasteiger partial charge < -0.3 is 9.72 Å². The lowest BCUT2D eigenvalue weighted by Gasteiger charge is -2.14. The summed E-state index contributed by atoms with van der Waals surface area (Å²) in [6.07, 6.45) is 1.10. The van der Waals surface area contributed by atoms with Gasteiger partial charge in [-0.2, -0.15) is 4.98 Å². The first-order valence-electron chi connectivity index (χ1n) is 7.13. The molecule has 0 spiro atoms. The van der Waals surface area contributed by atoms with Crippen molar-refractivity contribution in [3.05, 3.63) is 47.7 Å². The van der Waals surface area contributed by atoms with Crippen LogP contribution in [0.1, 0.15) is 19.4 Å². The number of hydrogen-bond acceptors (Lipinski definition) is 4. The fraction of sp³-hybridized carbons (Fsp3) is 0.333. The van der Waals surface area contributed by atoms with E-state index in [0.29, 0.717) is 0 Å². The number of benzene rings is 1. The Morgan fingerprint density at radius 3 is 2.45 bits per heavy atom. The maximum absolute atomic E-state index is 13.7. The molecule has 0 unspecified atom stereocenters. The van der Waals surface area contributed by atoms with Crippen LogP contribution in [0.4, 0.5) is 14.6 Å². The topological polar surface area (TPSA) is 47.0 Å². The third-order valence-corrected chi connectivity index (χ3v) is 5.45. The highest BCUT2D eigenvalue weighted by atomic mass is 28.3. The lowest BCUT2D eigenvalue weighted by Crippen LogP contribution is -2.23. The van der Waals surface area contributed by atoms with Gasteiger partial charge in [0.1, 0.15) is 12.4 Å². The molecule has 0 bridgehead atoms. The molecule has 0 amide bonds. The Morgan fingerprint density at radius 2 is 1.82 bits per heavy atom. The number of rotatable bonds is 7. The number of nitrogens with zero attached hydrogens (tertiary/aromatic N) is 2. The molecule has 117 valence electrons. The predicted octanol–water partition coefficient (Wildman–Crippen LogP) is 3.78. The number of halogens is 2. The molecule has 22 heavy (non-hydrogen) atoms. The highest BCUT2D eigenvalue weighted by Crippen LogP contribution is 2.16. The maximum Gasteiger partial charge on any atom is 0.318 e. The molecule has 1 heterocycles. The van der Waals surface area contributed by atoms with Crippen molar-refractivity contribution in [2.24, 2.45) is 0 Å². The molecule has 0 atom stereocenters. The summed E-state index contributed by atoms with van der Waals surface area (Å²) in [6.45, 7) is 4.33. The second-order valence-electron chi connectivity index (χ2n) is 4.70. The monoisotopic (exact) mass is 322 g/mol. The van der Waals surface area contributed by atoms with Crippen molar-refractivity contribution in [2.75, 3.05) is 4.98 Å². The van der Waals surface area contributed by atoms with Gasteiger partial charge in [-0.15, -0.1) is 0 Å². The van der Waals surface area contributed by atoms with E-state index in [4.69, 9.17) is 4.74 Å². The Morgan fingerprint density at radius 1 is 1.14 bits per heavy atom. The molecule has 4 nitrogen and oxygen atoms in total. The summed E-state index contributed by atoms with van der Waals surface area (Å²) in [5.74, 6) is -0.609. The second-order valence-corrected chi connectivity index (χ2v) is 7.57. The van der Waals surface area contributed by atoms with Crippen molar-refractivity contribution in [1.82, 2.24) is 9.97 Å². The quantitative estimate of drug-likeness (QED) is 0.788. The van der Waals surface area contributed by atoms with Crippen LogP contribution in [0, 0.1) is 11.6 Å². The minimum absolute atomic E-state index is 0.0989. The van der Waals surface area contributed by atoms with Crippen LogP contribution in [0.25, 0.3) is 0 Å². The second kappa shape index (κ2) is 7.84. The van der Waals surface area contributed by atoms with Crippen LogP contribution in [0.15, 0.2) is 30.5 Å². The first-order chi connectivity index (χ1) is 10.6. The van der Waals surface area contributed by atoms with E-state index in [1.807, 2.05) is 0 Å². The van der Waals surface area contributed by atoms with Crippen molar-refractivity contribution in [1.29, 1.82) is 0 Å². The van der Waals surface area contributed by atoms with Crippen molar-refractivity contribution in [3.8, 4) is 6.01 Å². The molecular weight excluding hydrogens is 304 g/mol. The average molecular weight is 322 g/mol. The van der Waals surface area contributed by atoms with E-state index in [0.717, 1.165) is 23.8 Å². The van der Waals surface area contributed by atoms with Crippen LogP contribution < -0.4 is 9.72 Å². The summed E-state index contributed by atoms with van der Waals surface area (Å²) in [6, 6.07) is 7.98. The molecule has 1 N–H and O–H groups in total. The van der Waals surface area contributed by atoms with E-state index in [9.17, 15) is 8.78 Å². The molecule has 1 radical (unpaired) electrons. The first kappa shape index (κ1) is 16.3. The number of nitrogens with one attached hydrogen (secondary N) is 1. The zero-order valence-electron chi connectivity index (χ0n) is 12.6. The molecule has 2 aromatic rings. The Balaban J connectivity index is 2.03. The smallest absolute Gasteiger partial charge is 0.318 e. The molecule has 0 aliphatic carbocycles. The van der Waals surface area contributed by atoms with Crippen molar-refractivity contribution >= 4 is 14.8 Å². The lowest BCUT2D eigenvalue weighted by atomic mass is 10.2. The Hall–Kier alpha value is -2.02. The van der Waals surface area contributed by atoms with E-state index in [1.165, 1.54) is 12.1 Å². The molecular formula is C15H18F2N3OSi. The molecule has 0 saturated heterocycles. The lowest BCUT2D eigenvalue weighted by molar-refractivity contribution is 0.280. The van der Waals surface area contributed by atoms with Gasteiger partial charge in [0.15, 0.2) is 20.6 Å². The normalized spacial score (nSPS) is 10.8. The van der Waals surface area contributed by atoms with Crippen LogP contribution in [0.2, 0.25) is 12.1 Å². The summed E-state index contributed by atoms with van der Waals surface area (Å²) < 4.78 is 32.0. The van der Waals surface area contributed by atoms with E-state index < -0.39 is 14.8 Å². The van der Waals surface area contributed by atoms with Crippen molar-refractivity contribution in [2.45, 2.75) is 32.5 Å². The molecule has 0 saturated carbocycles. The van der Waals surface area contributed by atoms with Gasteiger partial charge in [0.2, 0.25) is 0 Å².